The van der Waals surface area contributed by atoms with Gasteiger partial charge in [-0.15, -0.1) is 0 Å². The second-order valence-electron chi connectivity index (χ2n) is 2.61. The van der Waals surface area contributed by atoms with Crippen LogP contribution in [0.3, 0.4) is 0 Å². The molecule has 0 aromatic heterocycles. The lowest BCUT2D eigenvalue weighted by Crippen LogP contribution is -2.32. The van der Waals surface area contributed by atoms with Crippen molar-refractivity contribution in [3.05, 3.63) is 0 Å². The van der Waals surface area contributed by atoms with Gasteiger partial charge in [0.25, 0.3) is 0 Å². The first kappa shape index (κ1) is 12.8. The van der Waals surface area contributed by atoms with Crippen LogP contribution in [0.15, 0.2) is 0 Å². The van der Waals surface area contributed by atoms with Gasteiger partial charge in [-0.1, -0.05) is 0 Å². The van der Waals surface area contributed by atoms with Crippen molar-refractivity contribution in [2.45, 2.75) is 32.5 Å². The molecule has 0 saturated heterocycles. The van der Waals surface area contributed by atoms with Crippen LogP contribution in [0.25, 0.3) is 0 Å². The van der Waals surface area contributed by atoms with Crippen LogP contribution < -0.4 is 0 Å². The Kier molecular flexibility index (Phi) is 5.74. The monoisotopic (exact) mass is 166 g/mol. The zero-order valence-electron chi connectivity index (χ0n) is 6.77. The molecule has 11 heavy (non-hydrogen) atoms. The van der Waals surface area contributed by atoms with Crippen molar-refractivity contribution in [2.75, 3.05) is 0 Å². The van der Waals surface area contributed by atoms with E-state index in [-0.39, 0.29) is 0 Å². The third-order valence-electron chi connectivity index (χ3n) is 1.02. The molecule has 0 aliphatic heterocycles. The highest BCUT2D eigenvalue weighted by Gasteiger charge is 2.18. The Labute approximate surface area is 64.9 Å². The molecule has 68 valence electrons. The molecule has 1 unspecified atom stereocenters. The van der Waals surface area contributed by atoms with Gasteiger partial charge in [-0.3, -0.25) is 0 Å². The summed E-state index contributed by atoms with van der Waals surface area (Å²) >= 11 is 0. The van der Waals surface area contributed by atoms with Crippen LogP contribution in [0.2, 0.25) is 0 Å². The lowest BCUT2D eigenvalue weighted by atomic mass is 10.0. The predicted molar refractivity (Wildman–Crippen MR) is 38.6 cm³/mol. The van der Waals surface area contributed by atoms with Crippen LogP contribution in [-0.2, 0) is 0 Å². The number of aliphatic hydroxyl groups excluding tert-OH is 1. The average Bonchev–Trinajstić information content (AvgIpc) is 1.59. The second-order valence-corrected chi connectivity index (χ2v) is 2.61. The molecule has 0 aliphatic rings. The number of hydrogen-bond acceptors (Lipinski definition) is 3. The predicted octanol–water partition coefficient (Wildman–Crippen LogP) is 0.360. The SMILES string of the molecule is CC(O)C(C)(C)O.O=C(O)O. The maximum Gasteiger partial charge on any atom is 0.503 e. The highest BCUT2D eigenvalue weighted by atomic mass is 16.6. The zero-order valence-corrected chi connectivity index (χ0v) is 6.77. The minimum absolute atomic E-state index is 0.646. The Balaban J connectivity index is 0. The van der Waals surface area contributed by atoms with Gasteiger partial charge in [0.05, 0.1) is 11.7 Å². The molecule has 0 fully saturated rings. The van der Waals surface area contributed by atoms with Gasteiger partial charge in [-0.2, -0.15) is 0 Å². The summed E-state index contributed by atoms with van der Waals surface area (Å²) < 4.78 is 0. The van der Waals surface area contributed by atoms with Crippen molar-refractivity contribution in [2.24, 2.45) is 0 Å². The van der Waals surface area contributed by atoms with E-state index in [1.165, 1.54) is 0 Å². The smallest absolute Gasteiger partial charge is 0.450 e. The quantitative estimate of drug-likeness (QED) is 0.451. The summed E-state index contributed by atoms with van der Waals surface area (Å²) in [5.74, 6) is 0. The van der Waals surface area contributed by atoms with Crippen LogP contribution in [-0.4, -0.2) is 38.3 Å². The molecule has 5 nitrogen and oxygen atoms in total. The summed E-state index contributed by atoms with van der Waals surface area (Å²) in [7, 11) is 0. The van der Waals surface area contributed by atoms with Gasteiger partial charge in [-0.05, 0) is 20.8 Å². The topological polar surface area (TPSA) is 98.0 Å². The largest absolute Gasteiger partial charge is 0.503 e. The summed E-state index contributed by atoms with van der Waals surface area (Å²) in [5, 5.41) is 31.4. The Morgan fingerprint density at radius 3 is 1.45 bits per heavy atom. The maximum atomic E-state index is 8.84. The summed E-state index contributed by atoms with van der Waals surface area (Å²) in [6.07, 6.45) is -2.48. The fraction of sp³-hybridized carbons (Fsp3) is 0.833. The van der Waals surface area contributed by atoms with Crippen LogP contribution in [0, 0.1) is 0 Å². The number of hydrogen-bond donors (Lipinski definition) is 4. The van der Waals surface area contributed by atoms with Gasteiger partial charge >= 0.3 is 6.16 Å². The first-order chi connectivity index (χ1) is 4.68. The number of carboxylic acid groups (broad SMARTS) is 2. The van der Waals surface area contributed by atoms with Gasteiger partial charge < -0.3 is 20.4 Å². The lowest BCUT2D eigenvalue weighted by molar-refractivity contribution is -0.0375. The molecular formula is C6H14O5. The molecule has 0 rings (SSSR count). The molecule has 0 amide bonds. The van der Waals surface area contributed by atoms with Crippen LogP contribution in [0.5, 0.6) is 0 Å². The second kappa shape index (κ2) is 4.92. The van der Waals surface area contributed by atoms with Crippen molar-refractivity contribution in [1.82, 2.24) is 0 Å². The Morgan fingerprint density at radius 2 is 1.45 bits per heavy atom. The molecule has 0 aliphatic carbocycles. The van der Waals surface area contributed by atoms with Gasteiger partial charge in [0.15, 0.2) is 0 Å². The molecular weight excluding hydrogens is 152 g/mol. The molecule has 0 aromatic carbocycles. The summed E-state index contributed by atoms with van der Waals surface area (Å²) in [5.41, 5.74) is -0.944. The maximum absolute atomic E-state index is 8.84. The minimum Gasteiger partial charge on any atom is -0.450 e. The van der Waals surface area contributed by atoms with E-state index in [1.807, 2.05) is 0 Å². The molecule has 1 atom stereocenters. The number of carbonyl (C=O) groups is 1. The average molecular weight is 166 g/mol. The lowest BCUT2D eigenvalue weighted by Gasteiger charge is -2.19. The highest BCUT2D eigenvalue weighted by molar-refractivity contribution is 5.53. The standard InChI is InChI=1S/C5H12O2.CH2O3/c1-4(6)5(2,3)7;2-1(3)4/h4,6-7H,1-3H3;(H2,2,3,4). The molecule has 0 aromatic rings. The van der Waals surface area contributed by atoms with E-state index in [0.717, 1.165) is 0 Å². The van der Waals surface area contributed by atoms with Crippen LogP contribution in [0.1, 0.15) is 20.8 Å². The Bertz CT molecular complexity index is 109. The molecule has 0 radical (unpaired) electrons. The minimum atomic E-state index is -1.83. The van der Waals surface area contributed by atoms with E-state index < -0.39 is 17.9 Å². The molecule has 0 heterocycles. The van der Waals surface area contributed by atoms with Crippen molar-refractivity contribution in [3.8, 4) is 0 Å². The molecule has 0 saturated carbocycles. The van der Waals surface area contributed by atoms with E-state index in [1.54, 1.807) is 20.8 Å². The fourth-order valence-corrected chi connectivity index (χ4v) is 0. The molecule has 0 bridgehead atoms. The van der Waals surface area contributed by atoms with Gasteiger partial charge in [0.2, 0.25) is 0 Å². The van der Waals surface area contributed by atoms with Crippen molar-refractivity contribution in [1.29, 1.82) is 0 Å². The summed E-state index contributed by atoms with van der Waals surface area (Å²) in [6, 6.07) is 0. The van der Waals surface area contributed by atoms with E-state index >= 15 is 0 Å². The number of aliphatic hydroxyl groups is 2. The Hall–Kier alpha value is -0.810. The molecule has 4 N–H and O–H groups in total. The van der Waals surface area contributed by atoms with Crippen LogP contribution >= 0.6 is 0 Å². The van der Waals surface area contributed by atoms with E-state index in [2.05, 4.69) is 0 Å². The fourth-order valence-electron chi connectivity index (χ4n) is 0. The Morgan fingerprint density at radius 1 is 1.36 bits per heavy atom. The van der Waals surface area contributed by atoms with Gasteiger partial charge in [0, 0.05) is 0 Å². The normalized spacial score (nSPS) is 12.8. The number of rotatable bonds is 1. The van der Waals surface area contributed by atoms with Crippen molar-refractivity contribution >= 4 is 6.16 Å². The van der Waals surface area contributed by atoms with Gasteiger partial charge in [0.1, 0.15) is 0 Å². The van der Waals surface area contributed by atoms with E-state index in [9.17, 15) is 0 Å². The first-order valence-electron chi connectivity index (χ1n) is 3.00. The molecule has 0 spiro atoms. The van der Waals surface area contributed by atoms with Gasteiger partial charge in [-0.25, -0.2) is 4.79 Å². The summed E-state index contributed by atoms with van der Waals surface area (Å²) in [4.78, 5) is 8.56. The van der Waals surface area contributed by atoms with Crippen LogP contribution in [0.4, 0.5) is 4.79 Å². The van der Waals surface area contributed by atoms with Crippen molar-refractivity contribution in [3.63, 3.8) is 0 Å². The summed E-state index contributed by atoms with van der Waals surface area (Å²) in [6.45, 7) is 4.69. The van der Waals surface area contributed by atoms with E-state index in [0.29, 0.717) is 0 Å². The van der Waals surface area contributed by atoms with Crippen molar-refractivity contribution < 1.29 is 25.2 Å². The first-order valence-corrected chi connectivity index (χ1v) is 3.00. The van der Waals surface area contributed by atoms with E-state index in [4.69, 9.17) is 25.2 Å². The third kappa shape index (κ3) is 17.6. The molecule has 5 heteroatoms. The highest BCUT2D eigenvalue weighted by Crippen LogP contribution is 2.05. The zero-order chi connectivity index (χ0) is 9.65. The third-order valence-corrected chi connectivity index (χ3v) is 1.02.